The lowest BCUT2D eigenvalue weighted by Crippen LogP contribution is -2.28. The number of benzene rings is 1. The van der Waals surface area contributed by atoms with E-state index >= 15 is 0 Å². The predicted octanol–water partition coefficient (Wildman–Crippen LogP) is 2.46. The van der Waals surface area contributed by atoms with Crippen LogP contribution >= 0.6 is 0 Å². The number of amides is 2. The first-order valence-electron chi connectivity index (χ1n) is 7.10. The quantitative estimate of drug-likeness (QED) is 0.890. The summed E-state index contributed by atoms with van der Waals surface area (Å²) in [5, 5.41) is 5.65. The molecule has 0 saturated carbocycles. The fourth-order valence-electron chi connectivity index (χ4n) is 2.12. The second kappa shape index (κ2) is 7.36. The molecule has 2 amide bonds. The maximum absolute atomic E-state index is 12.1. The number of hydrogen-bond donors (Lipinski definition) is 2. The Balaban J connectivity index is 1.90. The van der Waals surface area contributed by atoms with Gasteiger partial charge in [0.25, 0.3) is 0 Å². The molecule has 2 aromatic rings. The Morgan fingerprint density at radius 2 is 1.73 bits per heavy atom. The Kier molecular flexibility index (Phi) is 5.25. The molecule has 1 atom stereocenters. The number of nitrogens with zero attached hydrogens (tertiary/aromatic N) is 1. The van der Waals surface area contributed by atoms with Crippen molar-refractivity contribution in [1.29, 1.82) is 0 Å². The van der Waals surface area contributed by atoms with Crippen molar-refractivity contribution < 1.29 is 9.59 Å². The second-order valence-electron chi connectivity index (χ2n) is 5.12. The number of aromatic nitrogens is 1. The summed E-state index contributed by atoms with van der Waals surface area (Å²) >= 11 is 0. The molecule has 114 valence electrons. The predicted molar refractivity (Wildman–Crippen MR) is 85.2 cm³/mol. The van der Waals surface area contributed by atoms with Crippen molar-refractivity contribution in [3.8, 4) is 0 Å². The van der Waals surface area contributed by atoms with Gasteiger partial charge in [-0.25, -0.2) is 0 Å². The number of hydrogen-bond acceptors (Lipinski definition) is 3. The Labute approximate surface area is 129 Å². The topological polar surface area (TPSA) is 71.1 Å². The highest BCUT2D eigenvalue weighted by Crippen LogP contribution is 2.12. The SMILES string of the molecule is CC(=O)Nc1ccc(CC(=O)N[C@H](C)c2ccncc2)cc1. The van der Waals surface area contributed by atoms with E-state index in [9.17, 15) is 9.59 Å². The lowest BCUT2D eigenvalue weighted by molar-refractivity contribution is -0.121. The van der Waals surface area contributed by atoms with E-state index in [1.54, 1.807) is 24.5 Å². The van der Waals surface area contributed by atoms with E-state index in [4.69, 9.17) is 0 Å². The van der Waals surface area contributed by atoms with Gasteiger partial charge in [0.05, 0.1) is 12.5 Å². The fraction of sp³-hybridized carbons (Fsp3) is 0.235. The molecule has 0 aliphatic carbocycles. The standard InChI is InChI=1S/C17H19N3O2/c1-12(15-7-9-18-10-8-15)19-17(22)11-14-3-5-16(6-4-14)20-13(2)21/h3-10,12H,11H2,1-2H3,(H,19,22)(H,20,21)/t12-/m1/s1. The first-order chi connectivity index (χ1) is 10.5. The molecule has 0 aliphatic rings. The van der Waals surface area contributed by atoms with Gasteiger partial charge in [-0.3, -0.25) is 14.6 Å². The number of carbonyl (C=O) groups excluding carboxylic acids is 2. The summed E-state index contributed by atoms with van der Waals surface area (Å²) in [6.07, 6.45) is 3.72. The molecular weight excluding hydrogens is 278 g/mol. The lowest BCUT2D eigenvalue weighted by Gasteiger charge is -2.14. The third-order valence-electron chi connectivity index (χ3n) is 3.22. The zero-order valence-corrected chi connectivity index (χ0v) is 12.7. The van der Waals surface area contributed by atoms with Crippen LogP contribution in [-0.2, 0) is 16.0 Å². The van der Waals surface area contributed by atoms with Crippen molar-refractivity contribution in [2.45, 2.75) is 26.3 Å². The monoisotopic (exact) mass is 297 g/mol. The van der Waals surface area contributed by atoms with Gasteiger partial charge in [0.2, 0.25) is 11.8 Å². The molecule has 0 saturated heterocycles. The minimum Gasteiger partial charge on any atom is -0.349 e. The van der Waals surface area contributed by atoms with E-state index < -0.39 is 0 Å². The summed E-state index contributed by atoms with van der Waals surface area (Å²) < 4.78 is 0. The highest BCUT2D eigenvalue weighted by molar-refractivity contribution is 5.88. The van der Waals surface area contributed by atoms with E-state index in [0.29, 0.717) is 6.42 Å². The molecule has 0 fully saturated rings. The second-order valence-corrected chi connectivity index (χ2v) is 5.12. The molecule has 1 heterocycles. The van der Waals surface area contributed by atoms with Crippen molar-refractivity contribution in [2.75, 3.05) is 5.32 Å². The molecule has 0 unspecified atom stereocenters. The molecule has 0 bridgehead atoms. The van der Waals surface area contributed by atoms with Gasteiger partial charge in [0.1, 0.15) is 0 Å². The van der Waals surface area contributed by atoms with Crippen LogP contribution in [0.2, 0.25) is 0 Å². The van der Waals surface area contributed by atoms with Crippen LogP contribution in [-0.4, -0.2) is 16.8 Å². The minimum absolute atomic E-state index is 0.0448. The van der Waals surface area contributed by atoms with Crippen LogP contribution in [0, 0.1) is 0 Å². The Morgan fingerprint density at radius 1 is 1.09 bits per heavy atom. The van der Waals surface area contributed by atoms with Crippen LogP contribution in [0.1, 0.15) is 31.0 Å². The van der Waals surface area contributed by atoms with Crippen molar-refractivity contribution in [3.05, 3.63) is 59.9 Å². The Bertz CT molecular complexity index is 639. The third kappa shape index (κ3) is 4.70. The molecule has 1 aromatic heterocycles. The summed E-state index contributed by atoms with van der Waals surface area (Å²) in [4.78, 5) is 27.0. The van der Waals surface area contributed by atoms with Gasteiger partial charge in [-0.05, 0) is 42.3 Å². The largest absolute Gasteiger partial charge is 0.349 e. The number of rotatable bonds is 5. The molecule has 22 heavy (non-hydrogen) atoms. The highest BCUT2D eigenvalue weighted by Gasteiger charge is 2.10. The first kappa shape index (κ1) is 15.7. The van der Waals surface area contributed by atoms with Crippen LogP contribution in [0.15, 0.2) is 48.8 Å². The maximum Gasteiger partial charge on any atom is 0.224 e. The number of carbonyl (C=O) groups is 2. The fourth-order valence-corrected chi connectivity index (χ4v) is 2.12. The van der Waals surface area contributed by atoms with Crippen LogP contribution in [0.5, 0.6) is 0 Å². The van der Waals surface area contributed by atoms with Crippen molar-refractivity contribution in [1.82, 2.24) is 10.3 Å². The Morgan fingerprint density at radius 3 is 2.32 bits per heavy atom. The molecule has 5 heteroatoms. The van der Waals surface area contributed by atoms with Crippen molar-refractivity contribution >= 4 is 17.5 Å². The minimum atomic E-state index is -0.114. The summed E-state index contributed by atoms with van der Waals surface area (Å²) in [7, 11) is 0. The molecule has 5 nitrogen and oxygen atoms in total. The molecule has 0 aliphatic heterocycles. The van der Waals surface area contributed by atoms with Crippen LogP contribution in [0.3, 0.4) is 0 Å². The molecule has 2 rings (SSSR count). The van der Waals surface area contributed by atoms with Gasteiger partial charge < -0.3 is 10.6 Å². The molecule has 0 spiro atoms. The zero-order valence-electron chi connectivity index (χ0n) is 12.7. The van der Waals surface area contributed by atoms with Gasteiger partial charge in [-0.1, -0.05) is 12.1 Å². The molecule has 0 radical (unpaired) electrons. The molecule has 2 N–H and O–H groups in total. The van der Waals surface area contributed by atoms with Crippen LogP contribution in [0.25, 0.3) is 0 Å². The summed E-state index contributed by atoms with van der Waals surface area (Å²) in [5.74, 6) is -0.159. The zero-order chi connectivity index (χ0) is 15.9. The summed E-state index contributed by atoms with van der Waals surface area (Å²) in [6.45, 7) is 3.40. The van der Waals surface area contributed by atoms with Gasteiger partial charge in [-0.15, -0.1) is 0 Å². The first-order valence-corrected chi connectivity index (χ1v) is 7.10. The average molecular weight is 297 g/mol. The maximum atomic E-state index is 12.1. The normalized spacial score (nSPS) is 11.5. The van der Waals surface area contributed by atoms with E-state index in [0.717, 1.165) is 16.8 Å². The smallest absolute Gasteiger partial charge is 0.224 e. The van der Waals surface area contributed by atoms with Gasteiger partial charge >= 0.3 is 0 Å². The summed E-state index contributed by atoms with van der Waals surface area (Å²) in [5.41, 5.74) is 2.64. The Hall–Kier alpha value is -2.69. The average Bonchev–Trinajstić information content (AvgIpc) is 2.49. The van der Waals surface area contributed by atoms with E-state index in [1.165, 1.54) is 6.92 Å². The van der Waals surface area contributed by atoms with Crippen LogP contribution in [0.4, 0.5) is 5.69 Å². The van der Waals surface area contributed by atoms with E-state index in [1.807, 2.05) is 31.2 Å². The van der Waals surface area contributed by atoms with E-state index in [-0.39, 0.29) is 17.9 Å². The number of anilines is 1. The highest BCUT2D eigenvalue weighted by atomic mass is 16.2. The van der Waals surface area contributed by atoms with Crippen molar-refractivity contribution in [2.24, 2.45) is 0 Å². The van der Waals surface area contributed by atoms with Crippen molar-refractivity contribution in [3.63, 3.8) is 0 Å². The van der Waals surface area contributed by atoms with Gasteiger partial charge in [-0.2, -0.15) is 0 Å². The summed E-state index contributed by atoms with van der Waals surface area (Å²) in [6, 6.07) is 10.9. The third-order valence-corrected chi connectivity index (χ3v) is 3.22. The van der Waals surface area contributed by atoms with E-state index in [2.05, 4.69) is 15.6 Å². The number of pyridine rings is 1. The molecule has 1 aromatic carbocycles. The van der Waals surface area contributed by atoms with Gasteiger partial charge in [0, 0.05) is 25.0 Å². The lowest BCUT2D eigenvalue weighted by atomic mass is 10.1. The molecular formula is C17H19N3O2. The number of nitrogens with one attached hydrogen (secondary N) is 2. The van der Waals surface area contributed by atoms with Crippen LogP contribution < -0.4 is 10.6 Å². The van der Waals surface area contributed by atoms with Gasteiger partial charge in [0.15, 0.2) is 0 Å².